The molecule has 0 N–H and O–H groups in total. The average molecular weight is 730 g/mol. The van der Waals surface area contributed by atoms with E-state index < -0.39 is 0 Å². The van der Waals surface area contributed by atoms with E-state index in [1.165, 1.54) is 54.9 Å². The van der Waals surface area contributed by atoms with E-state index in [-0.39, 0.29) is 50.7 Å². The molecule has 208 valence electrons. The van der Waals surface area contributed by atoms with E-state index in [1.54, 1.807) is 0 Å². The Kier molecular flexibility index (Phi) is 16.1. The van der Waals surface area contributed by atoms with E-state index in [0.29, 0.717) is 0 Å². The normalized spacial score (nSPS) is 9.70. The van der Waals surface area contributed by atoms with Crippen molar-refractivity contribution >= 4 is 21.5 Å². The van der Waals surface area contributed by atoms with Gasteiger partial charge in [-0.05, 0) is 24.0 Å². The number of aryl methyl sites for hydroxylation is 2. The molecule has 0 heterocycles. The molecular weight excluding hydrogens is 694 g/mol. The number of benzene rings is 4. The summed E-state index contributed by atoms with van der Waals surface area (Å²) in [5.74, 6) is 0. The number of hydrogen-bond donors (Lipinski definition) is 0. The van der Waals surface area contributed by atoms with Gasteiger partial charge in [0.25, 0.3) is 0 Å². The van der Waals surface area contributed by atoms with Crippen LogP contribution >= 0.6 is 0 Å². The summed E-state index contributed by atoms with van der Waals surface area (Å²) in [6, 6.07) is 43.5. The maximum absolute atomic E-state index is 3.38. The molecule has 0 amide bonds. The van der Waals surface area contributed by atoms with Crippen LogP contribution in [-0.4, -0.2) is 0 Å². The number of fused-ring (bicyclic) bond motifs is 2. The van der Waals surface area contributed by atoms with Crippen LogP contribution in [0, 0.1) is 13.8 Å². The van der Waals surface area contributed by atoms with Crippen molar-refractivity contribution in [3.05, 3.63) is 146 Å². The van der Waals surface area contributed by atoms with Crippen molar-refractivity contribution in [2.75, 3.05) is 0 Å². The molecule has 0 aliphatic carbocycles. The second-order valence-corrected chi connectivity index (χ2v) is 9.14. The van der Waals surface area contributed by atoms with Crippen molar-refractivity contribution in [1.82, 2.24) is 0 Å². The zero-order valence-electron chi connectivity index (χ0n) is 23.3. The minimum Gasteiger partial charge on any atom is -1.00 e. The molecule has 0 unspecified atom stereocenters. The second kappa shape index (κ2) is 18.1. The molecule has 0 spiro atoms. The molecular formula is C37H36Cl2Hf-6. The molecule has 6 rings (SSSR count). The Morgan fingerprint density at radius 2 is 0.875 bits per heavy atom. The Morgan fingerprint density at radius 3 is 1.20 bits per heavy atom. The zero-order chi connectivity index (χ0) is 26.0. The number of rotatable bonds is 4. The molecule has 6 aromatic carbocycles. The molecule has 0 saturated heterocycles. The predicted octanol–water partition coefficient (Wildman–Crippen LogP) is 4.63. The Morgan fingerprint density at radius 1 is 0.525 bits per heavy atom. The van der Waals surface area contributed by atoms with Crippen molar-refractivity contribution in [3.8, 4) is 22.3 Å². The zero-order valence-corrected chi connectivity index (χ0v) is 28.4. The average Bonchev–Trinajstić information content (AvgIpc) is 3.58. The van der Waals surface area contributed by atoms with Gasteiger partial charge in [-0.2, -0.15) is 12.1 Å². The number of halogens is 2. The fraction of sp³-hybridized carbons (Fsp3) is 0.135. The monoisotopic (exact) mass is 730 g/mol. The third-order valence-corrected chi connectivity index (χ3v) is 6.61. The van der Waals surface area contributed by atoms with Gasteiger partial charge in [0, 0.05) is 25.8 Å². The fourth-order valence-electron chi connectivity index (χ4n) is 4.74. The molecule has 0 aliphatic heterocycles. The molecule has 0 fully saturated rings. The first-order chi connectivity index (χ1) is 18.2. The smallest absolute Gasteiger partial charge is 0 e. The van der Waals surface area contributed by atoms with Gasteiger partial charge in [0.1, 0.15) is 0 Å². The van der Waals surface area contributed by atoms with Gasteiger partial charge >= 0.3 is 0 Å². The molecule has 0 saturated carbocycles. The Bertz CT molecular complexity index is 1410. The fourth-order valence-corrected chi connectivity index (χ4v) is 4.74. The van der Waals surface area contributed by atoms with E-state index in [9.17, 15) is 0 Å². The second-order valence-electron chi connectivity index (χ2n) is 9.14. The summed E-state index contributed by atoms with van der Waals surface area (Å²) >= 11 is 0. The third kappa shape index (κ3) is 8.77. The van der Waals surface area contributed by atoms with Crippen molar-refractivity contribution < 1.29 is 50.7 Å². The van der Waals surface area contributed by atoms with Gasteiger partial charge in [-0.1, -0.05) is 97.8 Å². The maximum atomic E-state index is 3.38. The third-order valence-electron chi connectivity index (χ3n) is 6.61. The molecule has 0 atom stereocenters. The molecule has 0 aliphatic rings. The predicted molar refractivity (Wildman–Crippen MR) is 164 cm³/mol. The standard InChI is InChI=1S/2C17H15.C3H6.2ClH.Hf/c2*1-2-13-11-15-9-6-10-16(17(15)12-13)14-7-4-3-5-8-14;1-3-2;;;/h2*3-12H,2H2,1H3;1-3H2;2*1H;/q2*-1;-2;;;/p-2. The molecule has 6 aromatic rings. The van der Waals surface area contributed by atoms with Crippen LogP contribution in [-0.2, 0) is 38.7 Å². The first-order valence-corrected chi connectivity index (χ1v) is 13.2. The summed E-state index contributed by atoms with van der Waals surface area (Å²) in [6.07, 6.45) is 2.95. The largest absolute Gasteiger partial charge is 1.00 e. The van der Waals surface area contributed by atoms with Gasteiger partial charge in [-0.25, -0.2) is 0 Å². The van der Waals surface area contributed by atoms with Gasteiger partial charge < -0.3 is 45.1 Å². The van der Waals surface area contributed by atoms with Crippen molar-refractivity contribution in [1.29, 1.82) is 0 Å². The van der Waals surface area contributed by atoms with E-state index in [0.717, 1.165) is 19.3 Å². The van der Waals surface area contributed by atoms with Crippen molar-refractivity contribution in [2.45, 2.75) is 33.1 Å². The molecule has 3 heteroatoms. The molecule has 0 nitrogen and oxygen atoms in total. The van der Waals surface area contributed by atoms with Crippen LogP contribution in [0.25, 0.3) is 43.8 Å². The van der Waals surface area contributed by atoms with Crippen molar-refractivity contribution in [3.63, 3.8) is 0 Å². The Labute approximate surface area is 272 Å². The van der Waals surface area contributed by atoms with Gasteiger partial charge in [0.05, 0.1) is 0 Å². The van der Waals surface area contributed by atoms with E-state index in [1.807, 2.05) is 0 Å². The van der Waals surface area contributed by atoms with Crippen LogP contribution in [0.15, 0.2) is 121 Å². The van der Waals surface area contributed by atoms with Crippen LogP contribution in [0.4, 0.5) is 0 Å². The van der Waals surface area contributed by atoms with E-state index >= 15 is 0 Å². The summed E-state index contributed by atoms with van der Waals surface area (Å²) in [4.78, 5) is 0. The van der Waals surface area contributed by atoms with Crippen LogP contribution < -0.4 is 24.8 Å². The molecule has 0 bridgehead atoms. The van der Waals surface area contributed by atoms with Crippen LogP contribution in [0.3, 0.4) is 0 Å². The maximum Gasteiger partial charge on any atom is 0 e. The minimum absolute atomic E-state index is 0. The summed E-state index contributed by atoms with van der Waals surface area (Å²) in [7, 11) is 0. The van der Waals surface area contributed by atoms with Crippen LogP contribution in [0.1, 0.15) is 31.4 Å². The molecule has 0 aromatic heterocycles. The Hall–Kier alpha value is -2.45. The van der Waals surface area contributed by atoms with Crippen LogP contribution in [0.5, 0.6) is 0 Å². The summed E-state index contributed by atoms with van der Waals surface area (Å²) < 4.78 is 0. The first-order valence-electron chi connectivity index (χ1n) is 13.2. The van der Waals surface area contributed by atoms with Crippen molar-refractivity contribution in [2.24, 2.45) is 0 Å². The topological polar surface area (TPSA) is 0 Å². The summed E-state index contributed by atoms with van der Waals surface area (Å²) in [5.41, 5.74) is 8.11. The van der Waals surface area contributed by atoms with Gasteiger partial charge in [0.2, 0.25) is 0 Å². The Balaban J connectivity index is 0.000000341. The first kappa shape index (κ1) is 35.6. The summed E-state index contributed by atoms with van der Waals surface area (Å²) in [5, 5.41) is 5.44. The molecule has 40 heavy (non-hydrogen) atoms. The van der Waals surface area contributed by atoms with Crippen LogP contribution in [0.2, 0.25) is 0 Å². The van der Waals surface area contributed by atoms with Gasteiger partial charge in [-0.3, -0.25) is 0 Å². The van der Waals surface area contributed by atoms with E-state index in [4.69, 9.17) is 0 Å². The SMILES string of the molecule is CCc1cc2c(-c3ccccc3)cccc2[cH-]1.CCc1cc2c(-c3ccccc3)cccc2[cH-]1.[CH2-]C[CH2-].[Cl-].[Cl-].[Hf]. The summed E-state index contributed by atoms with van der Waals surface area (Å²) in [6.45, 7) is 11.2. The quantitative estimate of drug-likeness (QED) is 0.184. The molecule has 0 radical (unpaired) electrons. The van der Waals surface area contributed by atoms with Gasteiger partial charge in [-0.15, -0.1) is 69.1 Å². The number of hydrogen-bond acceptors (Lipinski definition) is 0. The minimum atomic E-state index is 0. The van der Waals surface area contributed by atoms with Gasteiger partial charge in [0.15, 0.2) is 0 Å². The van der Waals surface area contributed by atoms with E-state index in [2.05, 4.69) is 149 Å².